The zero-order valence-corrected chi connectivity index (χ0v) is 12.2. The summed E-state index contributed by atoms with van der Waals surface area (Å²) in [6, 6.07) is 0.815. The first-order chi connectivity index (χ1) is 8.63. The molecule has 6 heteroatoms. The van der Waals surface area contributed by atoms with Crippen LogP contribution in [0.1, 0.15) is 40.0 Å². The molecule has 106 valence electrons. The van der Waals surface area contributed by atoms with Gasteiger partial charge in [0.25, 0.3) is 0 Å². The fraction of sp³-hybridized carbons (Fsp3) is 0.833. The third-order valence-electron chi connectivity index (χ3n) is 2.46. The number of rotatable bonds is 3. The number of urea groups is 1. The van der Waals surface area contributed by atoms with Gasteiger partial charge < -0.3 is 15.7 Å². The Morgan fingerprint density at radius 3 is 2.17 bits per heavy atom. The van der Waals surface area contributed by atoms with Crippen LogP contribution in [0.2, 0.25) is 0 Å². The topological polar surface area (TPSA) is 78.4 Å². The van der Waals surface area contributed by atoms with E-state index < -0.39 is 5.97 Å². The summed E-state index contributed by atoms with van der Waals surface area (Å²) in [5.74, 6) is 1.45. The highest BCUT2D eigenvalue weighted by Crippen LogP contribution is 2.20. The molecule has 2 saturated heterocycles. The van der Waals surface area contributed by atoms with E-state index in [2.05, 4.69) is 10.6 Å². The molecule has 2 unspecified atom stereocenters. The summed E-state index contributed by atoms with van der Waals surface area (Å²) in [5.41, 5.74) is 0. The number of carbonyl (C=O) groups is 2. The predicted octanol–water partition coefficient (Wildman–Crippen LogP) is 2.07. The number of hydrogen-bond acceptors (Lipinski definition) is 3. The van der Waals surface area contributed by atoms with Crippen LogP contribution in [0.15, 0.2) is 0 Å². The second-order valence-electron chi connectivity index (χ2n) is 3.87. The molecule has 2 amide bonds. The zero-order valence-electron chi connectivity index (χ0n) is 11.4. The van der Waals surface area contributed by atoms with Gasteiger partial charge in [-0.2, -0.15) is 11.8 Å². The Balaban J connectivity index is 0.000000292. The van der Waals surface area contributed by atoms with Crippen LogP contribution in [0.4, 0.5) is 4.79 Å². The molecule has 2 fully saturated rings. The minimum absolute atomic E-state index is 0.00491. The number of aliphatic carboxylic acids is 1. The normalized spacial score (nSPS) is 23.6. The summed E-state index contributed by atoms with van der Waals surface area (Å²) < 4.78 is 0. The molecule has 2 heterocycles. The first-order valence-electron chi connectivity index (χ1n) is 6.50. The number of fused-ring (bicyclic) bond motifs is 1. The van der Waals surface area contributed by atoms with E-state index in [1.54, 1.807) is 0 Å². The smallest absolute Gasteiger partial charge is 0.315 e. The molecule has 0 aromatic rings. The number of thioether (sulfide) groups is 1. The highest BCUT2D eigenvalue weighted by molar-refractivity contribution is 7.99. The maximum absolute atomic E-state index is 10.6. The molecule has 18 heavy (non-hydrogen) atoms. The van der Waals surface area contributed by atoms with E-state index in [9.17, 15) is 9.59 Å². The van der Waals surface area contributed by atoms with Crippen molar-refractivity contribution in [1.82, 2.24) is 10.6 Å². The first-order valence-corrected chi connectivity index (χ1v) is 7.65. The quantitative estimate of drug-likeness (QED) is 0.690. The number of nitrogens with one attached hydrogen (secondary N) is 2. The Kier molecular flexibility index (Phi) is 9.55. The third kappa shape index (κ3) is 6.74. The average Bonchev–Trinajstić information content (AvgIpc) is 2.90. The molecular weight excluding hydrogens is 252 g/mol. The number of hydrogen-bond donors (Lipinski definition) is 3. The van der Waals surface area contributed by atoms with Crippen molar-refractivity contribution < 1.29 is 14.7 Å². The van der Waals surface area contributed by atoms with E-state index in [1.807, 2.05) is 32.5 Å². The highest BCUT2D eigenvalue weighted by atomic mass is 32.2. The molecule has 2 aliphatic heterocycles. The van der Waals surface area contributed by atoms with Gasteiger partial charge in [-0.3, -0.25) is 4.79 Å². The van der Waals surface area contributed by atoms with E-state index in [1.165, 1.54) is 0 Å². The second kappa shape index (κ2) is 10.1. The summed E-state index contributed by atoms with van der Waals surface area (Å²) in [5, 5.41) is 13.7. The Hall–Kier alpha value is -0.910. The van der Waals surface area contributed by atoms with Crippen molar-refractivity contribution in [2.24, 2.45) is 0 Å². The molecule has 2 atom stereocenters. The molecule has 0 aromatic heterocycles. The fourth-order valence-corrected chi connectivity index (χ4v) is 2.82. The molecule has 0 radical (unpaired) electrons. The lowest BCUT2D eigenvalue weighted by atomic mass is 10.2. The minimum atomic E-state index is -0.693. The summed E-state index contributed by atoms with van der Waals surface area (Å²) in [7, 11) is 0. The van der Waals surface area contributed by atoms with E-state index in [-0.39, 0.29) is 6.03 Å². The van der Waals surface area contributed by atoms with Crippen LogP contribution in [0.5, 0.6) is 0 Å². The van der Waals surface area contributed by atoms with Crippen LogP contribution in [0.3, 0.4) is 0 Å². The molecule has 2 rings (SSSR count). The van der Waals surface area contributed by atoms with Gasteiger partial charge in [-0.05, 0) is 6.42 Å². The van der Waals surface area contributed by atoms with Gasteiger partial charge in [-0.1, -0.05) is 27.2 Å². The molecule has 0 saturated carbocycles. The molecule has 3 N–H and O–H groups in total. The Bertz CT molecular complexity index is 248. The molecule has 5 nitrogen and oxygen atoms in total. The van der Waals surface area contributed by atoms with Gasteiger partial charge in [0.05, 0.1) is 12.1 Å². The monoisotopic (exact) mass is 276 g/mol. The largest absolute Gasteiger partial charge is 0.481 e. The summed E-state index contributed by atoms with van der Waals surface area (Å²) in [6.07, 6.45) is 2.08. The van der Waals surface area contributed by atoms with Gasteiger partial charge >= 0.3 is 12.0 Å². The van der Waals surface area contributed by atoms with Crippen molar-refractivity contribution in [3.63, 3.8) is 0 Å². The number of unbranched alkanes of at least 4 members (excludes halogenated alkanes) is 1. The maximum Gasteiger partial charge on any atom is 0.315 e. The molecule has 0 aromatic carbocycles. The molecular formula is C12H24N2O3S. The van der Waals surface area contributed by atoms with Gasteiger partial charge in [0.15, 0.2) is 0 Å². The highest BCUT2D eigenvalue weighted by Gasteiger charge is 2.35. The zero-order chi connectivity index (χ0) is 14.0. The first kappa shape index (κ1) is 17.1. The Morgan fingerprint density at radius 1 is 1.33 bits per heavy atom. The van der Waals surface area contributed by atoms with Crippen molar-refractivity contribution in [1.29, 1.82) is 0 Å². The van der Waals surface area contributed by atoms with Crippen LogP contribution < -0.4 is 10.6 Å². The van der Waals surface area contributed by atoms with Crippen LogP contribution in [-0.4, -0.2) is 40.7 Å². The Labute approximate surface area is 113 Å². The maximum atomic E-state index is 10.6. The van der Waals surface area contributed by atoms with Gasteiger partial charge in [0.2, 0.25) is 0 Å². The lowest BCUT2D eigenvalue weighted by molar-refractivity contribution is -0.137. The van der Waals surface area contributed by atoms with Crippen LogP contribution in [0.25, 0.3) is 0 Å². The van der Waals surface area contributed by atoms with Gasteiger partial charge in [-0.15, -0.1) is 0 Å². The number of amides is 2. The number of carboxylic acid groups (broad SMARTS) is 1. The predicted molar refractivity (Wildman–Crippen MR) is 75.1 cm³/mol. The summed E-state index contributed by atoms with van der Waals surface area (Å²) in [6.45, 7) is 5.98. The minimum Gasteiger partial charge on any atom is -0.481 e. The SMILES string of the molecule is CC.CCCCC(=O)O.O=C1NC2CSCC2N1. The number of carbonyl (C=O) groups excluding carboxylic acids is 1. The van der Waals surface area contributed by atoms with Crippen LogP contribution in [0, 0.1) is 0 Å². The molecule has 0 spiro atoms. The van der Waals surface area contributed by atoms with Crippen molar-refractivity contribution in [2.75, 3.05) is 11.5 Å². The van der Waals surface area contributed by atoms with Gasteiger partial charge in [-0.25, -0.2) is 4.79 Å². The van der Waals surface area contributed by atoms with Crippen molar-refractivity contribution in [3.8, 4) is 0 Å². The number of carboxylic acids is 1. The van der Waals surface area contributed by atoms with Crippen molar-refractivity contribution in [3.05, 3.63) is 0 Å². The van der Waals surface area contributed by atoms with E-state index >= 15 is 0 Å². The molecule has 2 aliphatic rings. The van der Waals surface area contributed by atoms with Gasteiger partial charge in [0.1, 0.15) is 0 Å². The van der Waals surface area contributed by atoms with E-state index in [4.69, 9.17) is 5.11 Å². The summed E-state index contributed by atoms with van der Waals surface area (Å²) >= 11 is 1.89. The second-order valence-corrected chi connectivity index (χ2v) is 4.94. The fourth-order valence-electron chi connectivity index (χ4n) is 1.55. The third-order valence-corrected chi connectivity index (χ3v) is 3.65. The van der Waals surface area contributed by atoms with Crippen LogP contribution >= 0.6 is 11.8 Å². The molecule has 0 aliphatic carbocycles. The lowest BCUT2D eigenvalue weighted by Gasteiger charge is -2.02. The van der Waals surface area contributed by atoms with Crippen LogP contribution in [-0.2, 0) is 4.79 Å². The van der Waals surface area contributed by atoms with E-state index in [0.717, 1.165) is 24.3 Å². The van der Waals surface area contributed by atoms with Gasteiger partial charge in [0, 0.05) is 17.9 Å². The van der Waals surface area contributed by atoms with Crippen molar-refractivity contribution >= 4 is 23.8 Å². The molecule has 0 bridgehead atoms. The van der Waals surface area contributed by atoms with E-state index in [0.29, 0.717) is 18.5 Å². The standard InChI is InChI=1S/C5H8N2OS.C5H10O2.C2H6/c8-5-6-3-1-9-2-4(3)7-5;1-2-3-4-5(6)7;1-2/h3-4H,1-2H2,(H2,6,7,8);2-4H2,1H3,(H,6,7);1-2H3. The Morgan fingerprint density at radius 2 is 1.83 bits per heavy atom. The summed E-state index contributed by atoms with van der Waals surface area (Å²) in [4.78, 5) is 20.4. The van der Waals surface area contributed by atoms with Crippen molar-refractivity contribution in [2.45, 2.75) is 52.1 Å². The lowest BCUT2D eigenvalue weighted by Crippen LogP contribution is -2.31. The average molecular weight is 276 g/mol.